The van der Waals surface area contributed by atoms with Gasteiger partial charge in [-0.3, -0.25) is 4.98 Å². The molecule has 0 unspecified atom stereocenters. The van der Waals surface area contributed by atoms with Gasteiger partial charge in [0, 0.05) is 34.8 Å². The Kier molecular flexibility index (Phi) is 2.44. The summed E-state index contributed by atoms with van der Waals surface area (Å²) in [6, 6.07) is 6.34. The van der Waals surface area contributed by atoms with Crippen molar-refractivity contribution in [1.29, 1.82) is 0 Å². The van der Waals surface area contributed by atoms with Gasteiger partial charge in [-0.05, 0) is 18.2 Å². The number of aromatic amines is 1. The number of H-pyrrole nitrogens is 1. The van der Waals surface area contributed by atoms with Gasteiger partial charge in [-0.2, -0.15) is 4.39 Å². The van der Waals surface area contributed by atoms with Crippen LogP contribution in [0, 0.1) is 11.8 Å². The number of hydrogen-bond donors (Lipinski definition) is 1. The van der Waals surface area contributed by atoms with Crippen LogP contribution in [0.1, 0.15) is 0 Å². The van der Waals surface area contributed by atoms with E-state index >= 15 is 0 Å². The van der Waals surface area contributed by atoms with Crippen LogP contribution < -0.4 is 0 Å². The van der Waals surface area contributed by atoms with Crippen LogP contribution in [0.15, 0.2) is 42.9 Å². The molecule has 0 radical (unpaired) electrons. The first-order valence-corrected chi connectivity index (χ1v) is 6.26. The molecule has 4 heterocycles. The van der Waals surface area contributed by atoms with Crippen LogP contribution >= 0.6 is 0 Å². The Morgan fingerprint density at radius 2 is 1.90 bits per heavy atom. The topological polar surface area (TPSA) is 54.5 Å². The summed E-state index contributed by atoms with van der Waals surface area (Å²) in [5, 5.41) is 1.82. The average molecular weight is 281 g/mol. The van der Waals surface area contributed by atoms with Gasteiger partial charge >= 0.3 is 0 Å². The van der Waals surface area contributed by atoms with Gasteiger partial charge < -0.3 is 4.98 Å². The highest BCUT2D eigenvalue weighted by atomic mass is 19.1. The van der Waals surface area contributed by atoms with Crippen molar-refractivity contribution in [2.75, 3.05) is 0 Å². The summed E-state index contributed by atoms with van der Waals surface area (Å²) in [6.07, 6.45) is 4.27. The summed E-state index contributed by atoms with van der Waals surface area (Å²) >= 11 is 0. The molecule has 0 aromatic carbocycles. The zero-order valence-electron chi connectivity index (χ0n) is 10.6. The van der Waals surface area contributed by atoms with Gasteiger partial charge in [-0.1, -0.05) is 0 Å². The number of rotatable bonds is 1. The second-order valence-electron chi connectivity index (χ2n) is 4.63. The van der Waals surface area contributed by atoms with E-state index in [4.69, 9.17) is 0 Å². The maximum absolute atomic E-state index is 13.8. The summed E-state index contributed by atoms with van der Waals surface area (Å²) < 4.78 is 27.0. The lowest BCUT2D eigenvalue weighted by Gasteiger charge is -2.02. The molecule has 0 amide bonds. The summed E-state index contributed by atoms with van der Waals surface area (Å²) in [4.78, 5) is 14.9. The van der Waals surface area contributed by atoms with Gasteiger partial charge in [0.25, 0.3) is 0 Å². The van der Waals surface area contributed by atoms with E-state index in [9.17, 15) is 8.78 Å². The van der Waals surface area contributed by atoms with Crippen molar-refractivity contribution in [3.8, 4) is 11.3 Å². The normalized spacial score (nSPS) is 11.3. The smallest absolute Gasteiger partial charge is 0.213 e. The number of pyridine rings is 3. The first-order valence-electron chi connectivity index (χ1n) is 6.26. The zero-order valence-corrected chi connectivity index (χ0v) is 10.6. The van der Waals surface area contributed by atoms with E-state index in [1.54, 1.807) is 18.5 Å². The van der Waals surface area contributed by atoms with Crippen molar-refractivity contribution in [1.82, 2.24) is 19.9 Å². The number of fused-ring (bicyclic) bond motifs is 3. The highest BCUT2D eigenvalue weighted by Crippen LogP contribution is 2.27. The molecule has 0 bridgehead atoms. The molecule has 1 N–H and O–H groups in total. The number of nitrogens with zero attached hydrogens (tertiary/aromatic N) is 3. The third-order valence-electron chi connectivity index (χ3n) is 3.36. The van der Waals surface area contributed by atoms with Gasteiger partial charge in [0.15, 0.2) is 5.82 Å². The second kappa shape index (κ2) is 4.31. The average Bonchev–Trinajstić information content (AvgIpc) is 2.87. The molecule has 0 fully saturated rings. The molecular formula is C15H8F2N4. The molecule has 4 aromatic rings. The lowest BCUT2D eigenvalue weighted by molar-refractivity contribution is 0.562. The van der Waals surface area contributed by atoms with Gasteiger partial charge in [0.2, 0.25) is 5.95 Å². The Bertz CT molecular complexity index is 978. The lowest BCUT2D eigenvalue weighted by Crippen LogP contribution is -1.92. The minimum absolute atomic E-state index is 0.0844. The molecule has 0 aliphatic rings. The van der Waals surface area contributed by atoms with E-state index in [1.165, 1.54) is 0 Å². The molecule has 4 aromatic heterocycles. The molecule has 6 heteroatoms. The molecule has 0 aliphatic heterocycles. The van der Waals surface area contributed by atoms with E-state index in [1.807, 2.05) is 12.1 Å². The van der Waals surface area contributed by atoms with Crippen molar-refractivity contribution in [2.24, 2.45) is 0 Å². The third kappa shape index (κ3) is 1.84. The van der Waals surface area contributed by atoms with E-state index in [0.717, 1.165) is 28.6 Å². The summed E-state index contributed by atoms with van der Waals surface area (Å²) in [6.45, 7) is 0. The Morgan fingerprint density at radius 1 is 1.00 bits per heavy atom. The van der Waals surface area contributed by atoms with Crippen LogP contribution in [-0.2, 0) is 0 Å². The predicted octanol–water partition coefficient (Wildman–Crippen LogP) is 3.45. The van der Waals surface area contributed by atoms with Crippen LogP contribution in [0.5, 0.6) is 0 Å². The van der Waals surface area contributed by atoms with Crippen molar-refractivity contribution in [3.05, 3.63) is 54.6 Å². The van der Waals surface area contributed by atoms with Crippen molar-refractivity contribution >= 4 is 21.9 Å². The van der Waals surface area contributed by atoms with Crippen molar-refractivity contribution in [2.45, 2.75) is 0 Å². The number of nitrogens with one attached hydrogen (secondary N) is 1. The fourth-order valence-electron chi connectivity index (χ4n) is 2.38. The molecule has 0 saturated carbocycles. The predicted molar refractivity (Wildman–Crippen MR) is 74.5 cm³/mol. The monoisotopic (exact) mass is 281 g/mol. The van der Waals surface area contributed by atoms with E-state index in [0.29, 0.717) is 11.3 Å². The van der Waals surface area contributed by atoms with Crippen LogP contribution in [0.2, 0.25) is 0 Å². The Morgan fingerprint density at radius 3 is 2.81 bits per heavy atom. The van der Waals surface area contributed by atoms with Gasteiger partial charge in [-0.25, -0.2) is 14.4 Å². The van der Waals surface area contributed by atoms with Crippen LogP contribution in [0.25, 0.3) is 33.2 Å². The van der Waals surface area contributed by atoms with Gasteiger partial charge in [0.1, 0.15) is 5.65 Å². The summed E-state index contributed by atoms with van der Waals surface area (Å²) in [5.74, 6) is -1.35. The molecule has 21 heavy (non-hydrogen) atoms. The minimum atomic E-state index is -0.742. The number of aromatic nitrogens is 4. The quantitative estimate of drug-likeness (QED) is 0.544. The van der Waals surface area contributed by atoms with Crippen molar-refractivity contribution in [3.63, 3.8) is 0 Å². The standard InChI is InChI=1S/C15H8F2N4/c16-11-7-19-14(17)5-9(11)12-2-1-8-10-6-18-4-3-13(10)21-15(8)20-12/h1-7H,(H,20,21)/i16-1,17+0. The van der Waals surface area contributed by atoms with Crippen LogP contribution in [-0.4, -0.2) is 19.9 Å². The second-order valence-corrected chi connectivity index (χ2v) is 4.63. The zero-order chi connectivity index (χ0) is 14.4. The number of hydrogen-bond acceptors (Lipinski definition) is 3. The Hall–Kier alpha value is -2.89. The first kappa shape index (κ1) is 11.9. The molecule has 0 spiro atoms. The summed E-state index contributed by atoms with van der Waals surface area (Å²) in [5.41, 5.74) is 1.93. The Balaban J connectivity index is 1.98. The minimum Gasteiger partial charge on any atom is -0.339 e. The van der Waals surface area contributed by atoms with E-state index in [-0.39, 0.29) is 5.56 Å². The maximum Gasteiger partial charge on any atom is 0.213 e. The van der Waals surface area contributed by atoms with Crippen LogP contribution in [0.4, 0.5) is 8.78 Å². The maximum atomic E-state index is 13.8. The molecule has 0 saturated heterocycles. The van der Waals surface area contributed by atoms with Crippen LogP contribution in [0.3, 0.4) is 0 Å². The largest absolute Gasteiger partial charge is 0.339 e. The Labute approximate surface area is 117 Å². The number of halogens is 2. The summed E-state index contributed by atoms with van der Waals surface area (Å²) in [7, 11) is 0. The fraction of sp³-hybridized carbons (Fsp3) is 0. The SMILES string of the molecule is [18F]c1cnc([19F])cc1-c1ccc2c(n1)[nH]c1ccncc12. The molecule has 4 nitrogen and oxygen atoms in total. The highest BCUT2D eigenvalue weighted by Gasteiger charge is 2.11. The lowest BCUT2D eigenvalue weighted by atomic mass is 10.1. The van der Waals surface area contributed by atoms with Gasteiger partial charge in [0.05, 0.1) is 17.4 Å². The molecular weight excluding hydrogens is 273 g/mol. The molecule has 0 aliphatic carbocycles. The first-order chi connectivity index (χ1) is 10.2. The molecule has 0 atom stereocenters. The third-order valence-corrected chi connectivity index (χ3v) is 3.36. The highest BCUT2D eigenvalue weighted by molar-refractivity contribution is 6.05. The van der Waals surface area contributed by atoms with Gasteiger partial charge in [-0.15, -0.1) is 0 Å². The molecule has 4 rings (SSSR count). The molecule has 102 valence electrons. The van der Waals surface area contributed by atoms with Crippen molar-refractivity contribution < 1.29 is 8.78 Å². The van der Waals surface area contributed by atoms with E-state index in [2.05, 4.69) is 19.9 Å². The fourth-order valence-corrected chi connectivity index (χ4v) is 2.38. The van der Waals surface area contributed by atoms with E-state index < -0.39 is 11.8 Å².